The zero-order valence-electron chi connectivity index (χ0n) is 9.68. The average Bonchev–Trinajstić information content (AvgIpc) is 2.76. The van der Waals surface area contributed by atoms with Gasteiger partial charge in [0.25, 0.3) is 0 Å². The van der Waals surface area contributed by atoms with Crippen LogP contribution in [0.5, 0.6) is 0 Å². The predicted molar refractivity (Wildman–Crippen MR) is 70.0 cm³/mol. The molecule has 0 saturated heterocycles. The highest BCUT2D eigenvalue weighted by Gasteiger charge is 2.07. The zero-order chi connectivity index (χ0) is 13.0. The monoisotopic (exact) mass is 262 g/mol. The summed E-state index contributed by atoms with van der Waals surface area (Å²) in [5.74, 6) is 0.524. The van der Waals surface area contributed by atoms with E-state index in [9.17, 15) is 4.79 Å². The van der Waals surface area contributed by atoms with Gasteiger partial charge in [0.15, 0.2) is 5.76 Å². The summed E-state index contributed by atoms with van der Waals surface area (Å²) in [4.78, 5) is 11.6. The highest BCUT2D eigenvalue weighted by molar-refractivity contribution is 6.30. The van der Waals surface area contributed by atoms with Gasteiger partial charge in [0.05, 0.1) is 6.21 Å². The molecule has 0 aliphatic heterocycles. The summed E-state index contributed by atoms with van der Waals surface area (Å²) in [6.07, 6.45) is 1.51. The lowest BCUT2D eigenvalue weighted by Gasteiger charge is -1.96. The third-order valence-corrected chi connectivity index (χ3v) is 2.43. The molecule has 2 rings (SSSR count). The number of hydrogen-bond acceptors (Lipinski definition) is 3. The van der Waals surface area contributed by atoms with Crippen LogP contribution in [0, 0.1) is 6.92 Å². The maximum atomic E-state index is 11.6. The van der Waals surface area contributed by atoms with Crippen molar-refractivity contribution in [2.75, 3.05) is 0 Å². The van der Waals surface area contributed by atoms with Crippen LogP contribution >= 0.6 is 11.6 Å². The van der Waals surface area contributed by atoms with Gasteiger partial charge in [-0.15, -0.1) is 0 Å². The van der Waals surface area contributed by atoms with Crippen LogP contribution in [-0.4, -0.2) is 12.1 Å². The SMILES string of the molecule is Cc1ccc(C(=O)N/N=C/c2cccc(Cl)c2)o1. The molecule has 5 heteroatoms. The summed E-state index contributed by atoms with van der Waals surface area (Å²) < 4.78 is 5.16. The maximum absolute atomic E-state index is 11.6. The molecular formula is C13H11ClN2O2. The second-order valence-corrected chi connectivity index (χ2v) is 4.10. The Hall–Kier alpha value is -2.07. The molecule has 1 amide bonds. The van der Waals surface area contributed by atoms with Gasteiger partial charge in [-0.1, -0.05) is 23.7 Å². The molecule has 0 fully saturated rings. The number of furan rings is 1. The number of benzene rings is 1. The molecule has 0 spiro atoms. The fourth-order valence-corrected chi connectivity index (χ4v) is 1.56. The minimum absolute atomic E-state index is 0.232. The predicted octanol–water partition coefficient (Wildman–Crippen LogP) is 3.01. The summed E-state index contributed by atoms with van der Waals surface area (Å²) in [7, 11) is 0. The summed E-state index contributed by atoms with van der Waals surface area (Å²) >= 11 is 5.82. The molecule has 0 unspecified atom stereocenters. The number of hydrazone groups is 1. The quantitative estimate of drug-likeness (QED) is 0.683. The van der Waals surface area contributed by atoms with Crippen LogP contribution in [0.4, 0.5) is 0 Å². The second-order valence-electron chi connectivity index (χ2n) is 3.66. The number of amides is 1. The van der Waals surface area contributed by atoms with Crippen LogP contribution in [0.1, 0.15) is 21.9 Å². The van der Waals surface area contributed by atoms with Crippen molar-refractivity contribution in [1.29, 1.82) is 0 Å². The van der Waals surface area contributed by atoms with Gasteiger partial charge in [-0.05, 0) is 36.8 Å². The molecule has 0 saturated carbocycles. The first-order valence-electron chi connectivity index (χ1n) is 5.30. The van der Waals surface area contributed by atoms with E-state index in [-0.39, 0.29) is 11.7 Å². The van der Waals surface area contributed by atoms with Crippen molar-refractivity contribution in [3.63, 3.8) is 0 Å². The van der Waals surface area contributed by atoms with Crippen LogP contribution < -0.4 is 5.43 Å². The number of carbonyl (C=O) groups excluding carboxylic acids is 1. The standard InChI is InChI=1S/C13H11ClN2O2/c1-9-5-6-12(18-9)13(17)16-15-8-10-3-2-4-11(14)7-10/h2-8H,1H3,(H,16,17)/b15-8+. The molecule has 0 bridgehead atoms. The molecular weight excluding hydrogens is 252 g/mol. The number of rotatable bonds is 3. The lowest BCUT2D eigenvalue weighted by molar-refractivity contribution is 0.0926. The second kappa shape index (κ2) is 5.51. The lowest BCUT2D eigenvalue weighted by Crippen LogP contribution is -2.16. The van der Waals surface area contributed by atoms with Gasteiger partial charge in [0.2, 0.25) is 0 Å². The van der Waals surface area contributed by atoms with Gasteiger partial charge >= 0.3 is 5.91 Å². The van der Waals surface area contributed by atoms with Crippen molar-refractivity contribution in [3.8, 4) is 0 Å². The normalized spacial score (nSPS) is 10.8. The molecule has 0 aliphatic carbocycles. The van der Waals surface area contributed by atoms with E-state index < -0.39 is 0 Å². The summed E-state index contributed by atoms with van der Waals surface area (Å²) in [5.41, 5.74) is 3.18. The minimum Gasteiger partial charge on any atom is -0.456 e. The third kappa shape index (κ3) is 3.21. The van der Waals surface area contributed by atoms with E-state index in [1.807, 2.05) is 6.07 Å². The highest BCUT2D eigenvalue weighted by Crippen LogP contribution is 2.09. The number of nitrogens with one attached hydrogen (secondary N) is 1. The van der Waals surface area contributed by atoms with Gasteiger partial charge < -0.3 is 4.42 Å². The summed E-state index contributed by atoms with van der Waals surface area (Å²) in [6, 6.07) is 10.5. The largest absolute Gasteiger partial charge is 0.456 e. The van der Waals surface area contributed by atoms with Crippen molar-refractivity contribution < 1.29 is 9.21 Å². The fourth-order valence-electron chi connectivity index (χ4n) is 1.36. The van der Waals surface area contributed by atoms with E-state index in [1.165, 1.54) is 6.21 Å². The van der Waals surface area contributed by atoms with Crippen molar-refractivity contribution in [2.45, 2.75) is 6.92 Å². The van der Waals surface area contributed by atoms with Gasteiger partial charge in [0.1, 0.15) is 5.76 Å². The molecule has 1 aromatic heterocycles. The third-order valence-electron chi connectivity index (χ3n) is 2.19. The van der Waals surface area contributed by atoms with E-state index in [4.69, 9.17) is 16.0 Å². The van der Waals surface area contributed by atoms with Crippen molar-refractivity contribution in [3.05, 3.63) is 58.5 Å². The minimum atomic E-state index is -0.388. The van der Waals surface area contributed by atoms with Crippen molar-refractivity contribution in [2.24, 2.45) is 5.10 Å². The van der Waals surface area contributed by atoms with E-state index >= 15 is 0 Å². The molecule has 18 heavy (non-hydrogen) atoms. The Morgan fingerprint density at radius 2 is 2.22 bits per heavy atom. The van der Waals surface area contributed by atoms with Crippen LogP contribution in [0.2, 0.25) is 5.02 Å². The molecule has 0 atom stereocenters. The van der Waals surface area contributed by atoms with Crippen molar-refractivity contribution in [1.82, 2.24) is 5.43 Å². The maximum Gasteiger partial charge on any atom is 0.307 e. The summed E-state index contributed by atoms with van der Waals surface area (Å²) in [5, 5.41) is 4.44. The summed E-state index contributed by atoms with van der Waals surface area (Å²) in [6.45, 7) is 1.77. The van der Waals surface area contributed by atoms with Gasteiger partial charge in [-0.3, -0.25) is 4.79 Å². The Bertz CT molecular complexity index is 590. The van der Waals surface area contributed by atoms with Gasteiger partial charge in [-0.2, -0.15) is 5.10 Å². The Morgan fingerprint density at radius 1 is 1.39 bits per heavy atom. The topological polar surface area (TPSA) is 54.6 Å². The van der Waals surface area contributed by atoms with Crippen LogP contribution in [0.25, 0.3) is 0 Å². The molecule has 0 aliphatic rings. The molecule has 4 nitrogen and oxygen atoms in total. The smallest absolute Gasteiger partial charge is 0.307 e. The van der Waals surface area contributed by atoms with Crippen LogP contribution in [0.3, 0.4) is 0 Å². The Balaban J connectivity index is 1.97. The average molecular weight is 263 g/mol. The Kier molecular flexibility index (Phi) is 3.79. The van der Waals surface area contributed by atoms with Gasteiger partial charge in [-0.25, -0.2) is 5.43 Å². The molecule has 1 N–H and O–H groups in total. The van der Waals surface area contributed by atoms with E-state index in [0.717, 1.165) is 5.56 Å². The van der Waals surface area contributed by atoms with Gasteiger partial charge in [0, 0.05) is 5.02 Å². The molecule has 0 radical (unpaired) electrons. The van der Waals surface area contributed by atoms with E-state index in [2.05, 4.69) is 10.5 Å². The molecule has 92 valence electrons. The zero-order valence-corrected chi connectivity index (χ0v) is 10.4. The lowest BCUT2D eigenvalue weighted by atomic mass is 10.2. The number of halogens is 1. The first-order chi connectivity index (χ1) is 8.65. The molecule has 1 aromatic carbocycles. The fraction of sp³-hybridized carbons (Fsp3) is 0.0769. The number of hydrogen-bond donors (Lipinski definition) is 1. The van der Waals surface area contributed by atoms with E-state index in [0.29, 0.717) is 10.8 Å². The van der Waals surface area contributed by atoms with Crippen LogP contribution in [0.15, 0.2) is 45.9 Å². The molecule has 1 heterocycles. The Labute approximate surface area is 109 Å². The first-order valence-corrected chi connectivity index (χ1v) is 5.68. The van der Waals surface area contributed by atoms with E-state index in [1.54, 1.807) is 37.3 Å². The first kappa shape index (κ1) is 12.4. The Morgan fingerprint density at radius 3 is 2.89 bits per heavy atom. The van der Waals surface area contributed by atoms with Crippen molar-refractivity contribution >= 4 is 23.7 Å². The molecule has 2 aromatic rings. The number of nitrogens with zero attached hydrogens (tertiary/aromatic N) is 1. The number of aryl methyl sites for hydroxylation is 1. The highest BCUT2D eigenvalue weighted by atomic mass is 35.5. The van der Waals surface area contributed by atoms with Crippen LogP contribution in [-0.2, 0) is 0 Å². The number of carbonyl (C=O) groups is 1.